The first-order valence-corrected chi connectivity index (χ1v) is 8.85. The first-order chi connectivity index (χ1) is 10.3. The van der Waals surface area contributed by atoms with E-state index < -0.39 is 28.0 Å². The Labute approximate surface area is 129 Å². The van der Waals surface area contributed by atoms with Crippen LogP contribution >= 0.6 is 0 Å². The van der Waals surface area contributed by atoms with Crippen LogP contribution in [-0.2, 0) is 10.0 Å². The molecule has 1 saturated heterocycles. The Kier molecular flexibility index (Phi) is 4.01. The van der Waals surface area contributed by atoms with Gasteiger partial charge in [0, 0.05) is 13.1 Å². The molecule has 0 spiro atoms. The lowest BCUT2D eigenvalue weighted by Crippen LogP contribution is -2.38. The van der Waals surface area contributed by atoms with Crippen molar-refractivity contribution in [3.63, 3.8) is 0 Å². The van der Waals surface area contributed by atoms with E-state index in [0.717, 1.165) is 0 Å². The molecule has 7 heteroatoms. The Hall–Kier alpha value is -1.02. The minimum atomic E-state index is -3.88. The van der Waals surface area contributed by atoms with Crippen LogP contribution in [0.1, 0.15) is 18.4 Å². The zero-order valence-electron chi connectivity index (χ0n) is 12.3. The van der Waals surface area contributed by atoms with Crippen molar-refractivity contribution in [3.05, 3.63) is 29.6 Å². The largest absolute Gasteiger partial charge is 0.390 e. The summed E-state index contributed by atoms with van der Waals surface area (Å²) in [7, 11) is -3.88. The van der Waals surface area contributed by atoms with E-state index in [2.05, 4.69) is 0 Å². The number of aliphatic hydroxyl groups is 2. The second-order valence-electron chi connectivity index (χ2n) is 6.38. The summed E-state index contributed by atoms with van der Waals surface area (Å²) in [6, 6.07) is 4.09. The molecule has 1 aliphatic carbocycles. The number of halogens is 1. The average Bonchev–Trinajstić information content (AvgIpc) is 2.82. The number of sulfonamides is 1. The normalized spacial score (nSPS) is 32.9. The van der Waals surface area contributed by atoms with Gasteiger partial charge >= 0.3 is 0 Å². The minimum Gasteiger partial charge on any atom is -0.390 e. The molecule has 1 aromatic carbocycles. The summed E-state index contributed by atoms with van der Waals surface area (Å²) in [6.07, 6.45) is -0.845. The number of fused-ring (bicyclic) bond motifs is 1. The molecule has 1 aromatic rings. The Bertz CT molecular complexity index is 660. The van der Waals surface area contributed by atoms with Crippen LogP contribution in [-0.4, -0.2) is 48.2 Å². The Balaban J connectivity index is 1.85. The highest BCUT2D eigenvalue weighted by Gasteiger charge is 2.45. The van der Waals surface area contributed by atoms with Crippen molar-refractivity contribution in [3.8, 4) is 0 Å². The molecule has 3 rings (SSSR count). The maximum atomic E-state index is 14.0. The highest BCUT2D eigenvalue weighted by molar-refractivity contribution is 7.89. The van der Waals surface area contributed by atoms with Crippen molar-refractivity contribution in [2.75, 3.05) is 13.1 Å². The summed E-state index contributed by atoms with van der Waals surface area (Å²) in [6.45, 7) is 2.24. The second-order valence-corrected chi connectivity index (χ2v) is 8.29. The van der Waals surface area contributed by atoms with Gasteiger partial charge in [-0.05, 0) is 49.3 Å². The van der Waals surface area contributed by atoms with Crippen LogP contribution in [0.5, 0.6) is 0 Å². The zero-order chi connectivity index (χ0) is 16.1. The van der Waals surface area contributed by atoms with Crippen LogP contribution in [0, 0.1) is 24.6 Å². The number of aliphatic hydroxyl groups excluding tert-OH is 2. The van der Waals surface area contributed by atoms with E-state index in [1.165, 1.54) is 16.4 Å². The minimum absolute atomic E-state index is 0.0154. The Morgan fingerprint density at radius 3 is 2.18 bits per heavy atom. The maximum absolute atomic E-state index is 14.0. The van der Waals surface area contributed by atoms with Crippen molar-refractivity contribution in [1.29, 1.82) is 0 Å². The Morgan fingerprint density at radius 1 is 1.14 bits per heavy atom. The van der Waals surface area contributed by atoms with Gasteiger partial charge in [0.15, 0.2) is 0 Å². The van der Waals surface area contributed by atoms with Gasteiger partial charge in [-0.2, -0.15) is 4.31 Å². The number of nitrogens with zero attached hydrogens (tertiary/aromatic N) is 1. The summed E-state index contributed by atoms with van der Waals surface area (Å²) in [4.78, 5) is -0.308. The van der Waals surface area contributed by atoms with E-state index >= 15 is 0 Å². The van der Waals surface area contributed by atoms with Gasteiger partial charge in [-0.25, -0.2) is 12.8 Å². The lowest BCUT2D eigenvalue weighted by atomic mass is 9.79. The van der Waals surface area contributed by atoms with Crippen molar-refractivity contribution >= 4 is 10.0 Å². The predicted octanol–water partition coefficient (Wildman–Crippen LogP) is 0.886. The van der Waals surface area contributed by atoms with Gasteiger partial charge in [0.1, 0.15) is 10.7 Å². The van der Waals surface area contributed by atoms with Crippen LogP contribution in [0.15, 0.2) is 23.1 Å². The smallest absolute Gasteiger partial charge is 0.246 e. The van der Waals surface area contributed by atoms with Gasteiger partial charge in [0.05, 0.1) is 12.2 Å². The van der Waals surface area contributed by atoms with Gasteiger partial charge in [0.25, 0.3) is 0 Å². The summed E-state index contributed by atoms with van der Waals surface area (Å²) in [5, 5.41) is 19.5. The molecule has 0 aromatic heterocycles. The van der Waals surface area contributed by atoms with Crippen LogP contribution < -0.4 is 0 Å². The molecule has 1 saturated carbocycles. The average molecular weight is 329 g/mol. The molecule has 0 radical (unpaired) electrons. The maximum Gasteiger partial charge on any atom is 0.246 e. The van der Waals surface area contributed by atoms with Crippen LogP contribution in [0.4, 0.5) is 4.39 Å². The summed E-state index contributed by atoms with van der Waals surface area (Å²) >= 11 is 0. The molecule has 22 heavy (non-hydrogen) atoms. The highest BCUT2D eigenvalue weighted by atomic mass is 32.2. The molecule has 1 heterocycles. The molecular weight excluding hydrogens is 309 g/mol. The molecule has 0 amide bonds. The van der Waals surface area contributed by atoms with E-state index in [-0.39, 0.29) is 29.8 Å². The molecule has 2 N–H and O–H groups in total. The van der Waals surface area contributed by atoms with Crippen molar-refractivity contribution in [2.45, 2.75) is 36.9 Å². The molecule has 2 aliphatic rings. The fourth-order valence-electron chi connectivity index (χ4n) is 3.51. The topological polar surface area (TPSA) is 77.8 Å². The number of hydrogen-bond donors (Lipinski definition) is 2. The second kappa shape index (κ2) is 5.56. The quantitative estimate of drug-likeness (QED) is 0.845. The SMILES string of the molecule is Cc1ccc(S(=O)(=O)N2C[C@H]3C[C@H](O)[C@H](O)C[C@H]3C2)c(F)c1. The van der Waals surface area contributed by atoms with Crippen LogP contribution in [0.3, 0.4) is 0 Å². The summed E-state index contributed by atoms with van der Waals surface area (Å²) < 4.78 is 40.6. The van der Waals surface area contributed by atoms with Crippen molar-refractivity contribution in [2.24, 2.45) is 11.8 Å². The van der Waals surface area contributed by atoms with Gasteiger partial charge in [0.2, 0.25) is 10.0 Å². The number of benzene rings is 1. The van der Waals surface area contributed by atoms with E-state index in [1.54, 1.807) is 13.0 Å². The van der Waals surface area contributed by atoms with E-state index in [4.69, 9.17) is 0 Å². The van der Waals surface area contributed by atoms with E-state index in [0.29, 0.717) is 18.4 Å². The van der Waals surface area contributed by atoms with Crippen molar-refractivity contribution < 1.29 is 23.0 Å². The molecule has 2 fully saturated rings. The number of aryl methyl sites for hydroxylation is 1. The fraction of sp³-hybridized carbons (Fsp3) is 0.600. The van der Waals surface area contributed by atoms with Crippen molar-refractivity contribution in [1.82, 2.24) is 4.31 Å². The van der Waals surface area contributed by atoms with E-state index in [9.17, 15) is 23.0 Å². The van der Waals surface area contributed by atoms with Gasteiger partial charge < -0.3 is 10.2 Å². The van der Waals surface area contributed by atoms with E-state index in [1.807, 2.05) is 0 Å². The first-order valence-electron chi connectivity index (χ1n) is 7.41. The van der Waals surface area contributed by atoms with Gasteiger partial charge in [-0.3, -0.25) is 0 Å². The van der Waals surface area contributed by atoms with Crippen LogP contribution in [0.2, 0.25) is 0 Å². The summed E-state index contributed by atoms with van der Waals surface area (Å²) in [5.41, 5.74) is 0.665. The van der Waals surface area contributed by atoms with Crippen LogP contribution in [0.25, 0.3) is 0 Å². The Morgan fingerprint density at radius 2 is 1.68 bits per heavy atom. The molecular formula is C15H20FNO4S. The predicted molar refractivity (Wildman–Crippen MR) is 78.1 cm³/mol. The number of hydrogen-bond acceptors (Lipinski definition) is 4. The molecule has 122 valence electrons. The third-order valence-corrected chi connectivity index (χ3v) is 6.65. The lowest BCUT2D eigenvalue weighted by molar-refractivity contribution is -0.0372. The third-order valence-electron chi connectivity index (χ3n) is 4.78. The molecule has 0 bridgehead atoms. The summed E-state index contributed by atoms with van der Waals surface area (Å²) in [5.74, 6) is -0.710. The molecule has 5 nitrogen and oxygen atoms in total. The standard InChI is InChI=1S/C15H20FNO4S/c1-9-2-3-15(12(16)4-9)22(20,21)17-7-10-5-13(18)14(19)6-11(10)8-17/h2-4,10-11,13-14,18-19H,5-8H2,1H3/t10-,11+,13+,14-. The molecule has 4 atom stereocenters. The highest BCUT2D eigenvalue weighted by Crippen LogP contribution is 2.38. The monoisotopic (exact) mass is 329 g/mol. The zero-order valence-corrected chi connectivity index (χ0v) is 13.1. The molecule has 1 aliphatic heterocycles. The first kappa shape index (κ1) is 15.9. The lowest BCUT2D eigenvalue weighted by Gasteiger charge is -2.31. The third kappa shape index (κ3) is 2.67. The van der Waals surface area contributed by atoms with Gasteiger partial charge in [-0.15, -0.1) is 0 Å². The fourth-order valence-corrected chi connectivity index (χ4v) is 5.11. The number of rotatable bonds is 2. The van der Waals surface area contributed by atoms with Gasteiger partial charge in [-0.1, -0.05) is 6.07 Å². The molecule has 0 unspecified atom stereocenters.